The number of nitrogens with zero attached hydrogens (tertiary/aromatic N) is 3. The van der Waals surface area contributed by atoms with Crippen molar-refractivity contribution in [2.75, 3.05) is 7.11 Å². The summed E-state index contributed by atoms with van der Waals surface area (Å²) in [5.41, 5.74) is 3.61. The number of aromatic nitrogens is 2. The molecular formula is C16H18FN3O2. The predicted octanol–water partition coefficient (Wildman–Crippen LogP) is 2.84. The third-order valence-corrected chi connectivity index (χ3v) is 3.69. The van der Waals surface area contributed by atoms with Gasteiger partial charge in [0.2, 0.25) is 0 Å². The van der Waals surface area contributed by atoms with E-state index in [4.69, 9.17) is 9.57 Å². The number of hydrogen-bond acceptors (Lipinski definition) is 4. The third-order valence-electron chi connectivity index (χ3n) is 3.69. The molecule has 1 aromatic carbocycles. The molecule has 22 heavy (non-hydrogen) atoms. The number of aryl methyl sites for hydroxylation is 2. The van der Waals surface area contributed by atoms with Crippen molar-refractivity contribution in [2.24, 2.45) is 5.16 Å². The minimum atomic E-state index is -0.334. The van der Waals surface area contributed by atoms with Gasteiger partial charge in [-0.1, -0.05) is 5.16 Å². The van der Waals surface area contributed by atoms with Crippen LogP contribution in [0.1, 0.15) is 23.4 Å². The van der Waals surface area contributed by atoms with Crippen LogP contribution >= 0.6 is 0 Å². The quantitative estimate of drug-likeness (QED) is 0.872. The van der Waals surface area contributed by atoms with Gasteiger partial charge in [0.05, 0.1) is 25.1 Å². The molecule has 0 N–H and O–H groups in total. The number of rotatable bonds is 4. The van der Waals surface area contributed by atoms with E-state index in [1.165, 1.54) is 19.2 Å². The second-order valence-electron chi connectivity index (χ2n) is 5.42. The Kier molecular flexibility index (Phi) is 3.83. The Bertz CT molecular complexity index is 724. The van der Waals surface area contributed by atoms with E-state index in [0.717, 1.165) is 22.7 Å². The highest BCUT2D eigenvalue weighted by Crippen LogP contribution is 2.26. The highest BCUT2D eigenvalue weighted by molar-refractivity contribution is 6.03. The molecule has 1 aliphatic rings. The Morgan fingerprint density at radius 3 is 2.86 bits per heavy atom. The number of benzene rings is 1. The second kappa shape index (κ2) is 5.79. The van der Waals surface area contributed by atoms with E-state index in [2.05, 4.69) is 10.3 Å². The van der Waals surface area contributed by atoms with Gasteiger partial charge in [-0.25, -0.2) is 4.39 Å². The van der Waals surface area contributed by atoms with E-state index < -0.39 is 0 Å². The van der Waals surface area contributed by atoms with Crippen LogP contribution in [-0.2, 0) is 11.4 Å². The molecule has 1 atom stereocenters. The summed E-state index contributed by atoms with van der Waals surface area (Å²) in [5, 5.41) is 8.56. The Morgan fingerprint density at radius 2 is 2.18 bits per heavy atom. The van der Waals surface area contributed by atoms with Crippen molar-refractivity contribution in [3.8, 4) is 5.75 Å². The third kappa shape index (κ3) is 2.81. The SMILES string of the molecule is COc1cc(F)ccc1C1=NO[C@@H](Cn2nc(C)cc2C)C1. The Labute approximate surface area is 128 Å². The van der Waals surface area contributed by atoms with Gasteiger partial charge in [-0.15, -0.1) is 0 Å². The van der Waals surface area contributed by atoms with Crippen LogP contribution in [0, 0.1) is 19.7 Å². The Morgan fingerprint density at radius 1 is 1.36 bits per heavy atom. The molecule has 116 valence electrons. The topological polar surface area (TPSA) is 48.6 Å². The lowest BCUT2D eigenvalue weighted by molar-refractivity contribution is 0.0692. The largest absolute Gasteiger partial charge is 0.496 e. The Hall–Kier alpha value is -2.37. The molecule has 0 fully saturated rings. The van der Waals surface area contributed by atoms with Crippen molar-refractivity contribution in [1.29, 1.82) is 0 Å². The monoisotopic (exact) mass is 303 g/mol. The number of ether oxygens (including phenoxy) is 1. The average molecular weight is 303 g/mol. The van der Waals surface area contributed by atoms with Gasteiger partial charge in [-0.3, -0.25) is 4.68 Å². The number of hydrogen-bond donors (Lipinski definition) is 0. The predicted molar refractivity (Wildman–Crippen MR) is 80.7 cm³/mol. The molecule has 6 heteroatoms. The van der Waals surface area contributed by atoms with E-state index in [0.29, 0.717) is 18.7 Å². The zero-order valence-electron chi connectivity index (χ0n) is 12.8. The molecule has 1 aliphatic heterocycles. The van der Waals surface area contributed by atoms with Crippen molar-refractivity contribution in [3.05, 3.63) is 47.0 Å². The van der Waals surface area contributed by atoms with Crippen LogP contribution in [0.4, 0.5) is 4.39 Å². The molecule has 0 radical (unpaired) electrons. The fourth-order valence-corrected chi connectivity index (χ4v) is 2.64. The van der Waals surface area contributed by atoms with Crippen LogP contribution in [0.15, 0.2) is 29.4 Å². The second-order valence-corrected chi connectivity index (χ2v) is 5.42. The van der Waals surface area contributed by atoms with Gasteiger partial charge < -0.3 is 9.57 Å². The first kappa shape index (κ1) is 14.6. The maximum atomic E-state index is 13.3. The number of halogens is 1. The first-order valence-corrected chi connectivity index (χ1v) is 7.14. The molecule has 2 heterocycles. The fourth-order valence-electron chi connectivity index (χ4n) is 2.64. The first-order valence-electron chi connectivity index (χ1n) is 7.14. The molecule has 5 nitrogen and oxygen atoms in total. The van der Waals surface area contributed by atoms with Crippen LogP contribution in [0.2, 0.25) is 0 Å². The summed E-state index contributed by atoms with van der Waals surface area (Å²) in [5.74, 6) is 0.133. The van der Waals surface area contributed by atoms with E-state index in [1.807, 2.05) is 24.6 Å². The van der Waals surface area contributed by atoms with E-state index in [9.17, 15) is 4.39 Å². The lowest BCUT2D eigenvalue weighted by Crippen LogP contribution is -2.18. The molecular weight excluding hydrogens is 285 g/mol. The van der Waals surface area contributed by atoms with Gasteiger partial charge in [0.15, 0.2) is 6.10 Å². The van der Waals surface area contributed by atoms with Crippen LogP contribution in [0.5, 0.6) is 5.75 Å². The maximum Gasteiger partial charge on any atom is 0.152 e. The normalized spacial score (nSPS) is 17.3. The van der Waals surface area contributed by atoms with Crippen LogP contribution in [-0.4, -0.2) is 28.7 Å². The van der Waals surface area contributed by atoms with Crippen LogP contribution in [0.3, 0.4) is 0 Å². The van der Waals surface area contributed by atoms with Gasteiger partial charge in [0.1, 0.15) is 11.6 Å². The molecule has 0 spiro atoms. The fraction of sp³-hybridized carbons (Fsp3) is 0.375. The van der Waals surface area contributed by atoms with Gasteiger partial charge in [0, 0.05) is 23.7 Å². The maximum absolute atomic E-state index is 13.3. The van der Waals surface area contributed by atoms with Crippen molar-refractivity contribution < 1.29 is 14.0 Å². The lowest BCUT2D eigenvalue weighted by Gasteiger charge is -2.10. The first-order chi connectivity index (χ1) is 10.6. The van der Waals surface area contributed by atoms with E-state index >= 15 is 0 Å². The molecule has 0 saturated heterocycles. The summed E-state index contributed by atoms with van der Waals surface area (Å²) in [6, 6.07) is 6.45. The minimum Gasteiger partial charge on any atom is -0.496 e. The average Bonchev–Trinajstić information content (AvgIpc) is 3.06. The van der Waals surface area contributed by atoms with Gasteiger partial charge in [-0.2, -0.15) is 5.10 Å². The van der Waals surface area contributed by atoms with Crippen molar-refractivity contribution in [2.45, 2.75) is 32.9 Å². The summed E-state index contributed by atoms with van der Waals surface area (Å²) in [6.07, 6.45) is 0.558. The molecule has 1 aromatic heterocycles. The molecule has 3 rings (SSSR count). The van der Waals surface area contributed by atoms with Crippen LogP contribution < -0.4 is 4.74 Å². The van der Waals surface area contributed by atoms with Crippen molar-refractivity contribution >= 4 is 5.71 Å². The number of methoxy groups -OCH3 is 1. The minimum absolute atomic E-state index is 0.0808. The standard InChI is InChI=1S/C16H18FN3O2/c1-10-6-11(2)20(18-10)9-13-8-15(19-22-13)14-5-4-12(17)7-16(14)21-3/h4-7,13H,8-9H2,1-3H3/t13-/m1/s1. The molecule has 0 bridgehead atoms. The van der Waals surface area contributed by atoms with E-state index in [1.54, 1.807) is 6.07 Å². The van der Waals surface area contributed by atoms with Crippen LogP contribution in [0.25, 0.3) is 0 Å². The molecule has 0 unspecified atom stereocenters. The molecule has 0 amide bonds. The Balaban J connectivity index is 1.73. The van der Waals surface area contributed by atoms with Crippen molar-refractivity contribution in [3.63, 3.8) is 0 Å². The van der Waals surface area contributed by atoms with E-state index in [-0.39, 0.29) is 11.9 Å². The summed E-state index contributed by atoms with van der Waals surface area (Å²) in [6.45, 7) is 4.61. The summed E-state index contributed by atoms with van der Waals surface area (Å²) in [7, 11) is 1.52. The van der Waals surface area contributed by atoms with Gasteiger partial charge in [0.25, 0.3) is 0 Å². The molecule has 0 aliphatic carbocycles. The summed E-state index contributed by atoms with van der Waals surface area (Å²) >= 11 is 0. The lowest BCUT2D eigenvalue weighted by atomic mass is 10.0. The highest BCUT2D eigenvalue weighted by Gasteiger charge is 2.25. The van der Waals surface area contributed by atoms with Gasteiger partial charge in [-0.05, 0) is 32.0 Å². The zero-order valence-corrected chi connectivity index (χ0v) is 12.8. The summed E-state index contributed by atoms with van der Waals surface area (Å²) < 4.78 is 20.4. The smallest absolute Gasteiger partial charge is 0.152 e. The van der Waals surface area contributed by atoms with Gasteiger partial charge >= 0.3 is 0 Å². The number of oxime groups is 1. The van der Waals surface area contributed by atoms with Crippen molar-refractivity contribution in [1.82, 2.24) is 9.78 Å². The summed E-state index contributed by atoms with van der Waals surface area (Å²) in [4.78, 5) is 5.50. The molecule has 2 aromatic rings. The zero-order chi connectivity index (χ0) is 15.7. The molecule has 0 saturated carbocycles. The highest BCUT2D eigenvalue weighted by atomic mass is 19.1.